The van der Waals surface area contributed by atoms with Crippen LogP contribution in [0.3, 0.4) is 0 Å². The van der Waals surface area contributed by atoms with Crippen molar-refractivity contribution in [3.63, 3.8) is 0 Å². The third-order valence-corrected chi connectivity index (χ3v) is 7.67. The molecule has 1 unspecified atom stereocenters. The van der Waals surface area contributed by atoms with Crippen molar-refractivity contribution in [1.29, 1.82) is 0 Å². The number of carbonyl (C=O) groups excluding carboxylic acids is 2. The number of ether oxygens (including phenoxy) is 3. The van der Waals surface area contributed by atoms with Gasteiger partial charge in [-0.2, -0.15) is 0 Å². The summed E-state index contributed by atoms with van der Waals surface area (Å²) in [7, 11) is 1.64. The number of aromatic nitrogens is 1. The van der Waals surface area contributed by atoms with Gasteiger partial charge in [-0.05, 0) is 49.4 Å². The molecular weight excluding hydrogens is 496 g/mol. The Kier molecular flexibility index (Phi) is 5.05. The molecule has 0 fully saturated rings. The van der Waals surface area contributed by atoms with Crippen molar-refractivity contribution in [2.45, 2.75) is 25.2 Å². The van der Waals surface area contributed by atoms with E-state index in [0.29, 0.717) is 28.3 Å². The van der Waals surface area contributed by atoms with E-state index in [-0.39, 0.29) is 24.7 Å². The fourth-order valence-corrected chi connectivity index (χ4v) is 5.55. The molecule has 4 heterocycles. The van der Waals surface area contributed by atoms with Gasteiger partial charge in [0.25, 0.3) is 5.91 Å². The lowest BCUT2D eigenvalue weighted by Gasteiger charge is -2.30. The van der Waals surface area contributed by atoms with Gasteiger partial charge in [0.05, 0.1) is 11.4 Å². The number of para-hydroxylation sites is 1. The minimum atomic E-state index is -1.81. The summed E-state index contributed by atoms with van der Waals surface area (Å²) < 4.78 is 17.6. The zero-order chi connectivity index (χ0) is 26.9. The summed E-state index contributed by atoms with van der Waals surface area (Å²) in [4.78, 5) is 32.4. The first kappa shape index (κ1) is 23.4. The molecule has 4 aromatic rings. The lowest BCUT2D eigenvalue weighted by atomic mass is 9.80. The van der Waals surface area contributed by atoms with Gasteiger partial charge in [-0.1, -0.05) is 29.8 Å². The number of carbonyl (C=O) groups is 2. The molecule has 2 atom stereocenters. The molecule has 1 aromatic heterocycles. The summed E-state index contributed by atoms with van der Waals surface area (Å²) in [5.74, 6) is 1.04. The molecule has 3 aliphatic rings. The largest absolute Gasteiger partial charge is 0.488 e. The van der Waals surface area contributed by atoms with Crippen LogP contribution in [0.1, 0.15) is 32.6 Å². The Balaban J connectivity index is 1.33. The highest BCUT2D eigenvalue weighted by Gasteiger charge is 2.53. The summed E-state index contributed by atoms with van der Waals surface area (Å²) in [5.41, 5.74) is 3.43. The standard InChI is InChI=1S/C31H24N2O6/c1-17-7-9-24-21(11-17)28-19(15-37-24)12-20(14-32-28)31(36)22-5-3-4-6-25(22)39-30(31)29(35)18-8-10-26-23(13-18)33(2)27(34)16-38-26/h3-14,30,36H,15-16H2,1-2H3/t30?,31-/m0/s1. The number of ketones is 1. The lowest BCUT2D eigenvalue weighted by Crippen LogP contribution is -2.45. The van der Waals surface area contributed by atoms with Crippen LogP contribution < -0.4 is 19.1 Å². The van der Waals surface area contributed by atoms with Crippen LogP contribution in [0.4, 0.5) is 5.69 Å². The summed E-state index contributed by atoms with van der Waals surface area (Å²) >= 11 is 0. The Morgan fingerprint density at radius 2 is 1.79 bits per heavy atom. The normalized spacial score (nSPS) is 20.5. The van der Waals surface area contributed by atoms with Crippen molar-refractivity contribution >= 4 is 17.4 Å². The molecule has 0 spiro atoms. The number of hydrogen-bond donors (Lipinski definition) is 1. The van der Waals surface area contributed by atoms with E-state index < -0.39 is 17.5 Å². The van der Waals surface area contributed by atoms with Gasteiger partial charge in [-0.25, -0.2) is 0 Å². The fraction of sp³-hybridized carbons (Fsp3) is 0.194. The highest BCUT2D eigenvalue weighted by molar-refractivity contribution is 6.04. The SMILES string of the molecule is Cc1ccc2c(c1)-c1ncc([C@]3(O)c4ccccc4OC3C(=O)c3ccc4c(c3)N(C)C(=O)CO4)cc1CO2. The van der Waals surface area contributed by atoms with Crippen molar-refractivity contribution in [3.05, 3.63) is 101 Å². The molecule has 8 nitrogen and oxygen atoms in total. The van der Waals surface area contributed by atoms with E-state index in [2.05, 4.69) is 0 Å². The number of nitrogens with zero attached hydrogens (tertiary/aromatic N) is 2. The summed E-state index contributed by atoms with van der Waals surface area (Å²) in [6, 6.07) is 19.7. The summed E-state index contributed by atoms with van der Waals surface area (Å²) in [6.07, 6.45) is 0.326. The Morgan fingerprint density at radius 3 is 2.67 bits per heavy atom. The van der Waals surface area contributed by atoms with Gasteiger partial charge in [0.2, 0.25) is 5.78 Å². The fourth-order valence-electron chi connectivity index (χ4n) is 5.55. The minimum absolute atomic E-state index is 0.0589. The average Bonchev–Trinajstić information content (AvgIpc) is 3.27. The predicted molar refractivity (Wildman–Crippen MR) is 142 cm³/mol. The number of aliphatic hydroxyl groups is 1. The molecule has 1 amide bonds. The second-order valence-corrected chi connectivity index (χ2v) is 10.1. The molecule has 8 heteroatoms. The Hall–Kier alpha value is -4.69. The lowest BCUT2D eigenvalue weighted by molar-refractivity contribution is -0.121. The van der Waals surface area contributed by atoms with Crippen LogP contribution in [0.25, 0.3) is 11.3 Å². The molecule has 0 bridgehead atoms. The maximum atomic E-state index is 14.0. The van der Waals surface area contributed by atoms with Crippen LogP contribution in [0, 0.1) is 6.92 Å². The van der Waals surface area contributed by atoms with E-state index >= 15 is 0 Å². The summed E-state index contributed by atoms with van der Waals surface area (Å²) in [5, 5.41) is 12.4. The van der Waals surface area contributed by atoms with Crippen LogP contribution in [0.2, 0.25) is 0 Å². The second-order valence-electron chi connectivity index (χ2n) is 10.1. The first-order valence-corrected chi connectivity index (χ1v) is 12.6. The highest BCUT2D eigenvalue weighted by atomic mass is 16.5. The van der Waals surface area contributed by atoms with Crippen LogP contribution in [0.5, 0.6) is 17.2 Å². The number of likely N-dealkylation sites (N-methyl/N-ethyl adjacent to an activating group) is 1. The van der Waals surface area contributed by atoms with E-state index in [1.807, 2.05) is 31.2 Å². The molecule has 0 aliphatic carbocycles. The molecule has 0 radical (unpaired) electrons. The highest BCUT2D eigenvalue weighted by Crippen LogP contribution is 2.48. The molecule has 3 aliphatic heterocycles. The zero-order valence-corrected chi connectivity index (χ0v) is 21.3. The van der Waals surface area contributed by atoms with Gasteiger partial charge >= 0.3 is 0 Å². The van der Waals surface area contributed by atoms with Crippen molar-refractivity contribution in [1.82, 2.24) is 4.98 Å². The third-order valence-electron chi connectivity index (χ3n) is 7.67. The van der Waals surface area contributed by atoms with Gasteiger partial charge in [0.1, 0.15) is 23.9 Å². The van der Waals surface area contributed by atoms with Crippen LogP contribution >= 0.6 is 0 Å². The number of hydrogen-bond acceptors (Lipinski definition) is 7. The van der Waals surface area contributed by atoms with Crippen molar-refractivity contribution in [2.75, 3.05) is 18.6 Å². The van der Waals surface area contributed by atoms with Gasteiger partial charge in [-0.15, -0.1) is 0 Å². The van der Waals surface area contributed by atoms with Crippen LogP contribution in [-0.2, 0) is 17.0 Å². The quantitative estimate of drug-likeness (QED) is 0.405. The van der Waals surface area contributed by atoms with Gasteiger partial charge in [-0.3, -0.25) is 14.6 Å². The molecule has 0 saturated carbocycles. The number of pyridine rings is 1. The predicted octanol–water partition coefficient (Wildman–Crippen LogP) is 4.18. The maximum Gasteiger partial charge on any atom is 0.264 e. The van der Waals surface area contributed by atoms with E-state index in [1.54, 1.807) is 55.7 Å². The van der Waals surface area contributed by atoms with Gasteiger partial charge in [0.15, 0.2) is 18.3 Å². The average molecular weight is 521 g/mol. The second kappa shape index (κ2) is 8.41. The van der Waals surface area contributed by atoms with E-state index in [9.17, 15) is 14.7 Å². The van der Waals surface area contributed by atoms with E-state index in [1.165, 1.54) is 4.90 Å². The number of Topliss-reactive ketones (excluding diaryl/α,β-unsaturated/α-hetero) is 1. The van der Waals surface area contributed by atoms with Crippen molar-refractivity contribution < 1.29 is 28.9 Å². The van der Waals surface area contributed by atoms with Gasteiger partial charge < -0.3 is 24.2 Å². The smallest absolute Gasteiger partial charge is 0.264 e. The molecule has 7 rings (SSSR count). The molecule has 3 aromatic carbocycles. The number of aryl methyl sites for hydroxylation is 1. The Labute approximate surface area is 224 Å². The van der Waals surface area contributed by atoms with Crippen LogP contribution in [0.15, 0.2) is 72.9 Å². The first-order chi connectivity index (χ1) is 18.8. The molecule has 39 heavy (non-hydrogen) atoms. The van der Waals surface area contributed by atoms with E-state index in [0.717, 1.165) is 28.1 Å². The van der Waals surface area contributed by atoms with Crippen molar-refractivity contribution in [2.24, 2.45) is 0 Å². The number of fused-ring (bicyclic) bond motifs is 5. The number of benzene rings is 3. The topological polar surface area (TPSA) is 98.2 Å². The number of amides is 1. The molecule has 0 saturated heterocycles. The Bertz CT molecular complexity index is 1700. The molecular formula is C31H24N2O6. The third kappa shape index (κ3) is 3.45. The zero-order valence-electron chi connectivity index (χ0n) is 21.3. The molecule has 194 valence electrons. The monoisotopic (exact) mass is 520 g/mol. The van der Waals surface area contributed by atoms with Crippen molar-refractivity contribution in [3.8, 4) is 28.5 Å². The summed E-state index contributed by atoms with van der Waals surface area (Å²) in [6.45, 7) is 2.24. The Morgan fingerprint density at radius 1 is 1.00 bits per heavy atom. The number of rotatable bonds is 3. The molecule has 1 N–H and O–H groups in total. The maximum absolute atomic E-state index is 14.0. The first-order valence-electron chi connectivity index (χ1n) is 12.6. The van der Waals surface area contributed by atoms with E-state index in [4.69, 9.17) is 19.2 Å². The van der Waals surface area contributed by atoms with Crippen LogP contribution in [-0.4, -0.2) is 41.5 Å². The number of anilines is 1. The van der Waals surface area contributed by atoms with Gasteiger partial charge in [0, 0.05) is 41.1 Å². The minimum Gasteiger partial charge on any atom is -0.488 e.